The van der Waals surface area contributed by atoms with Crippen LogP contribution in [0.2, 0.25) is 0 Å². The Morgan fingerprint density at radius 1 is 1.35 bits per heavy atom. The number of aromatic hydroxyl groups is 1. The molecule has 0 bridgehead atoms. The van der Waals surface area contributed by atoms with Gasteiger partial charge in [0.15, 0.2) is 0 Å². The molecule has 0 radical (unpaired) electrons. The largest absolute Gasteiger partial charge is 0.506 e. The van der Waals surface area contributed by atoms with Crippen LogP contribution in [0, 0.1) is 0 Å². The van der Waals surface area contributed by atoms with Crippen molar-refractivity contribution in [3.8, 4) is 5.75 Å². The van der Waals surface area contributed by atoms with Crippen molar-refractivity contribution in [2.45, 2.75) is 6.10 Å². The number of phenols is 1. The number of likely N-dealkylation sites (N-methyl/N-ethyl adjacent to an activating group) is 1. The van der Waals surface area contributed by atoms with E-state index in [1.807, 2.05) is 0 Å². The molecule has 1 aromatic carbocycles. The molecule has 1 heterocycles. The van der Waals surface area contributed by atoms with Crippen LogP contribution in [0.5, 0.6) is 5.75 Å². The standard InChI is InChI=1S/C12H14N2O3/c1-13-6-10(16)7-2-4-9(15)12-8(7)3-5-11(17)14-12/h2-5,10,13,15-16H,6H2,1H3,(H,14,17). The van der Waals surface area contributed by atoms with Crippen LogP contribution in [0.25, 0.3) is 10.9 Å². The van der Waals surface area contributed by atoms with Crippen molar-refractivity contribution in [2.24, 2.45) is 0 Å². The highest BCUT2D eigenvalue weighted by Crippen LogP contribution is 2.28. The van der Waals surface area contributed by atoms with E-state index in [-0.39, 0.29) is 11.3 Å². The number of rotatable bonds is 3. The maximum atomic E-state index is 11.2. The van der Waals surface area contributed by atoms with Gasteiger partial charge in [0.25, 0.3) is 0 Å². The van der Waals surface area contributed by atoms with Gasteiger partial charge in [0.2, 0.25) is 5.56 Å². The normalized spacial score (nSPS) is 12.8. The molecular formula is C12H14N2O3. The Labute approximate surface area is 97.7 Å². The summed E-state index contributed by atoms with van der Waals surface area (Å²) in [6, 6.07) is 6.09. The van der Waals surface area contributed by atoms with Gasteiger partial charge in [0.1, 0.15) is 5.75 Å². The fraction of sp³-hybridized carbons (Fsp3) is 0.250. The van der Waals surface area contributed by atoms with Crippen molar-refractivity contribution in [1.29, 1.82) is 0 Å². The zero-order valence-electron chi connectivity index (χ0n) is 9.40. The number of hydrogen-bond donors (Lipinski definition) is 4. The van der Waals surface area contributed by atoms with Crippen molar-refractivity contribution >= 4 is 10.9 Å². The molecule has 0 amide bonds. The number of H-pyrrole nitrogens is 1. The van der Waals surface area contributed by atoms with E-state index >= 15 is 0 Å². The summed E-state index contributed by atoms with van der Waals surface area (Å²) >= 11 is 0. The first-order chi connectivity index (χ1) is 8.13. The molecule has 5 heteroatoms. The Hall–Kier alpha value is -1.85. The summed E-state index contributed by atoms with van der Waals surface area (Å²) in [6.07, 6.45) is -0.686. The minimum atomic E-state index is -0.686. The molecule has 0 spiro atoms. The molecular weight excluding hydrogens is 220 g/mol. The SMILES string of the molecule is CNCC(O)c1ccc(O)c2[nH]c(=O)ccc12. The molecule has 1 atom stereocenters. The number of aromatic amines is 1. The predicted molar refractivity (Wildman–Crippen MR) is 65.1 cm³/mol. The van der Waals surface area contributed by atoms with E-state index < -0.39 is 6.10 Å². The Morgan fingerprint density at radius 2 is 2.12 bits per heavy atom. The number of nitrogens with one attached hydrogen (secondary N) is 2. The van der Waals surface area contributed by atoms with Gasteiger partial charge in [-0.15, -0.1) is 0 Å². The second-order valence-corrected chi connectivity index (χ2v) is 3.86. The Bertz CT molecular complexity index is 592. The Morgan fingerprint density at radius 3 is 2.82 bits per heavy atom. The van der Waals surface area contributed by atoms with Crippen LogP contribution in [0.1, 0.15) is 11.7 Å². The van der Waals surface area contributed by atoms with Gasteiger partial charge in [-0.2, -0.15) is 0 Å². The fourth-order valence-corrected chi connectivity index (χ4v) is 1.85. The monoisotopic (exact) mass is 234 g/mol. The predicted octanol–water partition coefficient (Wildman–Crippen LogP) is 0.487. The van der Waals surface area contributed by atoms with E-state index in [1.54, 1.807) is 19.2 Å². The lowest BCUT2D eigenvalue weighted by molar-refractivity contribution is 0.179. The zero-order chi connectivity index (χ0) is 12.4. The molecule has 0 fully saturated rings. The number of phenolic OH excluding ortho intramolecular Hbond substituents is 1. The minimum Gasteiger partial charge on any atom is -0.506 e. The molecule has 0 saturated heterocycles. The van der Waals surface area contributed by atoms with Crippen LogP contribution in [0.15, 0.2) is 29.1 Å². The van der Waals surface area contributed by atoms with Crippen LogP contribution in [-0.2, 0) is 0 Å². The Kier molecular flexibility index (Phi) is 3.12. The second-order valence-electron chi connectivity index (χ2n) is 3.86. The number of hydrogen-bond acceptors (Lipinski definition) is 4. The van der Waals surface area contributed by atoms with Gasteiger partial charge < -0.3 is 20.5 Å². The van der Waals surface area contributed by atoms with Crippen molar-refractivity contribution in [3.05, 3.63) is 40.2 Å². The lowest BCUT2D eigenvalue weighted by Gasteiger charge is -2.13. The third-order valence-corrected chi connectivity index (χ3v) is 2.66. The third kappa shape index (κ3) is 2.15. The molecule has 4 N–H and O–H groups in total. The quantitative estimate of drug-likeness (QED) is 0.622. The maximum Gasteiger partial charge on any atom is 0.248 e. The molecule has 1 unspecified atom stereocenters. The van der Waals surface area contributed by atoms with Crippen LogP contribution >= 0.6 is 0 Å². The van der Waals surface area contributed by atoms with Gasteiger partial charge in [0, 0.05) is 18.0 Å². The maximum absolute atomic E-state index is 11.2. The molecule has 0 saturated carbocycles. The third-order valence-electron chi connectivity index (χ3n) is 2.66. The van der Waals surface area contributed by atoms with Crippen LogP contribution in [-0.4, -0.2) is 28.8 Å². The number of benzene rings is 1. The van der Waals surface area contributed by atoms with Gasteiger partial charge in [-0.3, -0.25) is 4.79 Å². The smallest absolute Gasteiger partial charge is 0.248 e. The molecule has 0 aliphatic heterocycles. The molecule has 2 aromatic rings. The summed E-state index contributed by atoms with van der Waals surface area (Å²) < 4.78 is 0. The number of pyridine rings is 1. The van der Waals surface area contributed by atoms with E-state index in [0.717, 1.165) is 0 Å². The number of aromatic nitrogens is 1. The van der Waals surface area contributed by atoms with Gasteiger partial charge in [-0.1, -0.05) is 6.07 Å². The number of fused-ring (bicyclic) bond motifs is 1. The van der Waals surface area contributed by atoms with Gasteiger partial charge in [0.05, 0.1) is 11.6 Å². The summed E-state index contributed by atoms with van der Waals surface area (Å²) in [5, 5.41) is 23.1. The molecule has 90 valence electrons. The average Bonchev–Trinajstić information content (AvgIpc) is 2.30. The van der Waals surface area contributed by atoms with Crippen LogP contribution < -0.4 is 10.9 Å². The molecule has 2 rings (SSSR count). The van der Waals surface area contributed by atoms with Crippen molar-refractivity contribution in [1.82, 2.24) is 10.3 Å². The molecule has 0 aliphatic carbocycles. The highest BCUT2D eigenvalue weighted by atomic mass is 16.3. The van der Waals surface area contributed by atoms with Gasteiger partial charge >= 0.3 is 0 Å². The van der Waals surface area contributed by atoms with E-state index in [4.69, 9.17) is 0 Å². The molecule has 1 aromatic heterocycles. The highest BCUT2D eigenvalue weighted by Gasteiger charge is 2.12. The fourth-order valence-electron chi connectivity index (χ4n) is 1.85. The topological polar surface area (TPSA) is 85.3 Å². The first-order valence-electron chi connectivity index (χ1n) is 5.31. The first kappa shape index (κ1) is 11.6. The average molecular weight is 234 g/mol. The number of aliphatic hydroxyl groups is 1. The lowest BCUT2D eigenvalue weighted by Crippen LogP contribution is -2.17. The van der Waals surface area contributed by atoms with E-state index in [2.05, 4.69) is 10.3 Å². The van der Waals surface area contributed by atoms with E-state index in [9.17, 15) is 15.0 Å². The van der Waals surface area contributed by atoms with Crippen molar-refractivity contribution in [3.63, 3.8) is 0 Å². The Balaban J connectivity index is 2.66. The summed E-state index contributed by atoms with van der Waals surface area (Å²) in [5.74, 6) is -0.00175. The molecule has 0 aliphatic rings. The van der Waals surface area contributed by atoms with Crippen LogP contribution in [0.3, 0.4) is 0 Å². The van der Waals surface area contributed by atoms with E-state index in [0.29, 0.717) is 23.0 Å². The highest BCUT2D eigenvalue weighted by molar-refractivity contribution is 5.87. The van der Waals surface area contributed by atoms with Crippen LogP contribution in [0.4, 0.5) is 0 Å². The van der Waals surface area contributed by atoms with Crippen molar-refractivity contribution < 1.29 is 10.2 Å². The summed E-state index contributed by atoms with van der Waals surface area (Å²) in [5.41, 5.74) is 0.738. The molecule has 17 heavy (non-hydrogen) atoms. The summed E-state index contributed by atoms with van der Waals surface area (Å²) in [7, 11) is 1.74. The second kappa shape index (κ2) is 4.57. The molecule has 5 nitrogen and oxygen atoms in total. The van der Waals surface area contributed by atoms with Gasteiger partial charge in [-0.25, -0.2) is 0 Å². The zero-order valence-corrected chi connectivity index (χ0v) is 9.40. The summed E-state index contributed by atoms with van der Waals surface area (Å²) in [6.45, 7) is 0.402. The summed E-state index contributed by atoms with van der Waals surface area (Å²) in [4.78, 5) is 13.8. The van der Waals surface area contributed by atoms with Gasteiger partial charge in [-0.05, 0) is 24.7 Å². The number of aliphatic hydroxyl groups excluding tert-OH is 1. The van der Waals surface area contributed by atoms with E-state index in [1.165, 1.54) is 12.1 Å². The van der Waals surface area contributed by atoms with Crippen molar-refractivity contribution in [2.75, 3.05) is 13.6 Å². The minimum absolute atomic E-state index is 0.00175. The first-order valence-corrected chi connectivity index (χ1v) is 5.31. The lowest BCUT2D eigenvalue weighted by atomic mass is 10.0.